The maximum atomic E-state index is 11.3. The summed E-state index contributed by atoms with van der Waals surface area (Å²) < 4.78 is 0. The third-order valence-electron chi connectivity index (χ3n) is 2.23. The number of hydrogen-bond donors (Lipinski definition) is 2. The smallest absolute Gasteiger partial charge is 0.233 e. The van der Waals surface area contributed by atoms with E-state index in [0.29, 0.717) is 6.54 Å². The molecular weight excluding hydrogens is 176 g/mol. The van der Waals surface area contributed by atoms with Crippen molar-refractivity contribution in [1.29, 1.82) is 0 Å². The maximum absolute atomic E-state index is 11.3. The molecule has 0 aromatic rings. The number of carbonyl (C=O) groups excluding carboxylic acids is 1. The highest BCUT2D eigenvalue weighted by molar-refractivity contribution is 5.77. The lowest BCUT2D eigenvalue weighted by Crippen LogP contribution is -2.39. The Morgan fingerprint density at radius 3 is 2.43 bits per heavy atom. The second kappa shape index (κ2) is 6.82. The van der Waals surface area contributed by atoms with Crippen molar-refractivity contribution in [2.45, 2.75) is 40.5 Å². The van der Waals surface area contributed by atoms with Crippen molar-refractivity contribution in [3.05, 3.63) is 0 Å². The Labute approximate surface area is 87.6 Å². The Morgan fingerprint density at radius 2 is 1.93 bits per heavy atom. The van der Waals surface area contributed by atoms with Gasteiger partial charge in [0.05, 0.1) is 6.54 Å². The van der Waals surface area contributed by atoms with Crippen LogP contribution >= 0.6 is 0 Å². The topological polar surface area (TPSA) is 41.1 Å². The molecule has 14 heavy (non-hydrogen) atoms. The molecule has 0 radical (unpaired) electrons. The Morgan fingerprint density at radius 1 is 1.29 bits per heavy atom. The van der Waals surface area contributed by atoms with Gasteiger partial charge in [-0.15, -0.1) is 0 Å². The Bertz CT molecular complexity index is 167. The molecule has 0 spiro atoms. The van der Waals surface area contributed by atoms with Gasteiger partial charge in [0.25, 0.3) is 0 Å². The molecule has 0 unspecified atom stereocenters. The predicted molar refractivity (Wildman–Crippen MR) is 60.2 cm³/mol. The van der Waals surface area contributed by atoms with Crippen molar-refractivity contribution in [2.24, 2.45) is 5.41 Å². The van der Waals surface area contributed by atoms with Crippen LogP contribution in [-0.4, -0.2) is 25.5 Å². The third-order valence-corrected chi connectivity index (χ3v) is 2.23. The molecule has 3 nitrogen and oxygen atoms in total. The molecule has 0 fully saturated rings. The van der Waals surface area contributed by atoms with Crippen LogP contribution in [0, 0.1) is 5.41 Å². The van der Waals surface area contributed by atoms with E-state index in [4.69, 9.17) is 0 Å². The minimum Gasteiger partial charge on any atom is -0.354 e. The number of rotatable bonds is 7. The fraction of sp³-hybridized carbons (Fsp3) is 0.909. The van der Waals surface area contributed by atoms with E-state index in [-0.39, 0.29) is 11.3 Å². The van der Waals surface area contributed by atoms with E-state index in [1.54, 1.807) is 0 Å². The summed E-state index contributed by atoms with van der Waals surface area (Å²) in [5.74, 6) is 0.0935. The van der Waals surface area contributed by atoms with E-state index in [1.165, 1.54) is 0 Å². The Balaban J connectivity index is 3.64. The quantitative estimate of drug-likeness (QED) is 0.654. The number of amides is 1. The highest BCUT2D eigenvalue weighted by Crippen LogP contribution is 2.20. The lowest BCUT2D eigenvalue weighted by atomic mass is 9.88. The van der Waals surface area contributed by atoms with Crippen LogP contribution in [0.15, 0.2) is 0 Å². The molecule has 3 heteroatoms. The summed E-state index contributed by atoms with van der Waals surface area (Å²) in [4.78, 5) is 11.3. The number of hydrogen-bond acceptors (Lipinski definition) is 2. The van der Waals surface area contributed by atoms with Crippen LogP contribution in [0.3, 0.4) is 0 Å². The summed E-state index contributed by atoms with van der Waals surface area (Å²) in [6.07, 6.45) is 2.31. The van der Waals surface area contributed by atoms with Gasteiger partial charge in [-0.2, -0.15) is 0 Å². The van der Waals surface area contributed by atoms with Crippen LogP contribution in [0.1, 0.15) is 40.5 Å². The summed E-state index contributed by atoms with van der Waals surface area (Å²) >= 11 is 0. The summed E-state index contributed by atoms with van der Waals surface area (Å²) in [6.45, 7) is 10.6. The molecule has 2 N–H and O–H groups in total. The molecule has 0 aromatic carbocycles. The van der Waals surface area contributed by atoms with Gasteiger partial charge in [0, 0.05) is 6.54 Å². The summed E-state index contributed by atoms with van der Waals surface area (Å²) in [6, 6.07) is 0. The van der Waals surface area contributed by atoms with Crippen LogP contribution in [0.5, 0.6) is 0 Å². The van der Waals surface area contributed by atoms with E-state index >= 15 is 0 Å². The maximum Gasteiger partial charge on any atom is 0.233 e. The molecule has 0 aliphatic carbocycles. The summed E-state index contributed by atoms with van der Waals surface area (Å²) in [7, 11) is 0. The van der Waals surface area contributed by atoms with Crippen molar-refractivity contribution in [3.63, 3.8) is 0 Å². The largest absolute Gasteiger partial charge is 0.354 e. The summed E-state index contributed by atoms with van der Waals surface area (Å²) in [5.41, 5.74) is 0.219. The molecule has 0 heterocycles. The minimum absolute atomic E-state index is 0.0935. The fourth-order valence-electron chi connectivity index (χ4n) is 1.40. The van der Waals surface area contributed by atoms with Crippen LogP contribution in [0.25, 0.3) is 0 Å². The summed E-state index contributed by atoms with van der Waals surface area (Å²) in [5, 5.41) is 5.95. The van der Waals surface area contributed by atoms with Gasteiger partial charge in [-0.1, -0.05) is 34.1 Å². The molecule has 0 bridgehead atoms. The van der Waals surface area contributed by atoms with Gasteiger partial charge in [0.15, 0.2) is 0 Å². The van der Waals surface area contributed by atoms with E-state index in [9.17, 15) is 4.79 Å². The normalized spacial score (nSPS) is 11.4. The van der Waals surface area contributed by atoms with Crippen LogP contribution in [0.4, 0.5) is 0 Å². The second-order valence-electron chi connectivity index (χ2n) is 4.47. The fourth-order valence-corrected chi connectivity index (χ4v) is 1.40. The first-order valence-electron chi connectivity index (χ1n) is 5.49. The van der Waals surface area contributed by atoms with Crippen LogP contribution < -0.4 is 10.6 Å². The average Bonchev–Trinajstić information content (AvgIpc) is 2.11. The first-order chi connectivity index (χ1) is 6.52. The van der Waals surface area contributed by atoms with Crippen LogP contribution in [-0.2, 0) is 4.79 Å². The number of carbonyl (C=O) groups is 1. The predicted octanol–water partition coefficient (Wildman–Crippen LogP) is 1.54. The highest BCUT2D eigenvalue weighted by Gasteiger charge is 2.16. The second-order valence-corrected chi connectivity index (χ2v) is 4.47. The lowest BCUT2D eigenvalue weighted by Gasteiger charge is -2.24. The van der Waals surface area contributed by atoms with Crippen molar-refractivity contribution in [3.8, 4) is 0 Å². The van der Waals surface area contributed by atoms with Gasteiger partial charge in [0.2, 0.25) is 5.91 Å². The first kappa shape index (κ1) is 13.4. The molecule has 0 aromatic heterocycles. The van der Waals surface area contributed by atoms with Gasteiger partial charge in [-0.3, -0.25) is 4.79 Å². The highest BCUT2D eigenvalue weighted by atomic mass is 16.1. The first-order valence-corrected chi connectivity index (χ1v) is 5.49. The minimum atomic E-state index is 0.0935. The van der Waals surface area contributed by atoms with Gasteiger partial charge in [-0.05, 0) is 18.4 Å². The SMILES string of the molecule is CCCC(C)(C)CNC(=O)CNCC. The Kier molecular flexibility index (Phi) is 6.54. The van der Waals surface area contributed by atoms with Crippen molar-refractivity contribution < 1.29 is 4.79 Å². The van der Waals surface area contributed by atoms with Crippen molar-refractivity contribution >= 4 is 5.91 Å². The standard InChI is InChI=1S/C11H24N2O/c1-5-7-11(3,4)9-13-10(14)8-12-6-2/h12H,5-9H2,1-4H3,(H,13,14). The Hall–Kier alpha value is -0.570. The zero-order valence-electron chi connectivity index (χ0n) is 9.94. The monoisotopic (exact) mass is 200 g/mol. The molecule has 0 aliphatic rings. The third kappa shape index (κ3) is 6.89. The number of likely N-dealkylation sites (N-methyl/N-ethyl adjacent to an activating group) is 1. The van der Waals surface area contributed by atoms with E-state index < -0.39 is 0 Å². The average molecular weight is 200 g/mol. The molecule has 0 saturated carbocycles. The van der Waals surface area contributed by atoms with Gasteiger partial charge in [-0.25, -0.2) is 0 Å². The van der Waals surface area contributed by atoms with Crippen LogP contribution in [0.2, 0.25) is 0 Å². The number of nitrogens with one attached hydrogen (secondary N) is 2. The van der Waals surface area contributed by atoms with E-state index in [0.717, 1.165) is 25.9 Å². The van der Waals surface area contributed by atoms with Crippen molar-refractivity contribution in [2.75, 3.05) is 19.6 Å². The molecule has 84 valence electrons. The lowest BCUT2D eigenvalue weighted by molar-refractivity contribution is -0.120. The van der Waals surface area contributed by atoms with E-state index in [1.807, 2.05) is 6.92 Å². The molecule has 0 rings (SSSR count). The van der Waals surface area contributed by atoms with Gasteiger partial charge >= 0.3 is 0 Å². The molecule has 0 atom stereocenters. The van der Waals surface area contributed by atoms with E-state index in [2.05, 4.69) is 31.4 Å². The van der Waals surface area contributed by atoms with Gasteiger partial charge < -0.3 is 10.6 Å². The van der Waals surface area contributed by atoms with Crippen molar-refractivity contribution in [1.82, 2.24) is 10.6 Å². The molecule has 0 saturated heterocycles. The molecular formula is C11H24N2O. The molecule has 0 aliphatic heterocycles. The van der Waals surface area contributed by atoms with Gasteiger partial charge in [0.1, 0.15) is 0 Å². The zero-order chi connectivity index (χ0) is 11.0. The molecule has 1 amide bonds. The zero-order valence-corrected chi connectivity index (χ0v) is 9.94.